The summed E-state index contributed by atoms with van der Waals surface area (Å²) < 4.78 is 10.9. The molecule has 2 aromatic carbocycles. The molecule has 0 radical (unpaired) electrons. The van der Waals surface area contributed by atoms with E-state index in [2.05, 4.69) is 28.2 Å². The Kier molecular flexibility index (Phi) is 10.1. The molecule has 1 amide bonds. The Balaban J connectivity index is 1.78. The highest BCUT2D eigenvalue weighted by Gasteiger charge is 2.26. The maximum Gasteiger partial charge on any atom is 0.328 e. The van der Waals surface area contributed by atoms with E-state index in [-0.39, 0.29) is 11.9 Å². The zero-order chi connectivity index (χ0) is 25.9. The Morgan fingerprint density at radius 3 is 2.33 bits per heavy atom. The Morgan fingerprint density at radius 1 is 1.03 bits per heavy atom. The van der Waals surface area contributed by atoms with Crippen molar-refractivity contribution in [3.8, 4) is 17.1 Å². The van der Waals surface area contributed by atoms with Crippen molar-refractivity contribution in [1.82, 2.24) is 10.3 Å². The molecular formula is C27H32N4O4S. The molecule has 0 aliphatic carbocycles. The van der Waals surface area contributed by atoms with Crippen molar-refractivity contribution < 1.29 is 19.1 Å². The third kappa shape index (κ3) is 7.73. The number of hydrogen-bond acceptors (Lipinski definition) is 8. The molecule has 1 aromatic heterocycles. The van der Waals surface area contributed by atoms with Crippen LogP contribution in [0.3, 0.4) is 0 Å². The second-order valence-electron chi connectivity index (χ2n) is 8.27. The lowest BCUT2D eigenvalue weighted by atomic mass is 10.1. The van der Waals surface area contributed by atoms with Gasteiger partial charge in [0.25, 0.3) is 5.91 Å². The van der Waals surface area contributed by atoms with Crippen LogP contribution in [-0.2, 0) is 20.7 Å². The van der Waals surface area contributed by atoms with Crippen LogP contribution in [0.15, 0.2) is 72.8 Å². The number of amides is 1. The number of hydrogen-bond donors (Lipinski definition) is 4. The smallest absolute Gasteiger partial charge is 0.328 e. The van der Waals surface area contributed by atoms with Crippen molar-refractivity contribution in [3.05, 3.63) is 78.4 Å². The lowest BCUT2D eigenvalue weighted by Gasteiger charge is -2.21. The molecule has 3 rings (SSSR count). The maximum atomic E-state index is 13.0. The Bertz CT molecular complexity index is 1130. The quantitative estimate of drug-likeness (QED) is 0.220. The molecule has 0 aliphatic heterocycles. The molecule has 1 heterocycles. The number of carbonyl (C=O) groups excluding carboxylic acids is 2. The highest BCUT2D eigenvalue weighted by molar-refractivity contribution is 7.80. The summed E-state index contributed by atoms with van der Waals surface area (Å²) in [4.78, 5) is 30.0. The molecule has 0 saturated heterocycles. The second-order valence-corrected chi connectivity index (χ2v) is 8.64. The molecule has 0 saturated carbocycles. The second kappa shape index (κ2) is 13.5. The number of nitrogens with two attached hydrogens (primary N) is 1. The van der Waals surface area contributed by atoms with Gasteiger partial charge < -0.3 is 25.8 Å². The lowest BCUT2D eigenvalue weighted by Crippen LogP contribution is -2.47. The van der Waals surface area contributed by atoms with E-state index in [0.717, 1.165) is 11.1 Å². The fraction of sp³-hybridized carbons (Fsp3) is 0.296. The number of methoxy groups -OCH3 is 1. The first-order chi connectivity index (χ1) is 17.4. The van der Waals surface area contributed by atoms with Gasteiger partial charge in [-0.3, -0.25) is 4.79 Å². The molecule has 2 unspecified atom stereocenters. The molecule has 3 aromatic rings. The van der Waals surface area contributed by atoms with Crippen LogP contribution in [0.1, 0.15) is 12.5 Å². The summed E-state index contributed by atoms with van der Waals surface area (Å²) in [5.74, 6) is -0.241. The first-order valence-corrected chi connectivity index (χ1v) is 12.3. The predicted molar refractivity (Wildman–Crippen MR) is 144 cm³/mol. The summed E-state index contributed by atoms with van der Waals surface area (Å²) in [5, 5.41) is 5.97. The summed E-state index contributed by atoms with van der Waals surface area (Å²) in [6.07, 6.45) is -0.646. The van der Waals surface area contributed by atoms with Crippen LogP contribution in [0.2, 0.25) is 0 Å². The van der Waals surface area contributed by atoms with Crippen LogP contribution in [0, 0.1) is 0 Å². The highest BCUT2D eigenvalue weighted by atomic mass is 32.1. The van der Waals surface area contributed by atoms with Gasteiger partial charge in [0.15, 0.2) is 6.10 Å². The van der Waals surface area contributed by atoms with Crippen LogP contribution < -0.4 is 21.1 Å². The number of nitrogens with one attached hydrogen (secondary N) is 2. The zero-order valence-corrected chi connectivity index (χ0v) is 21.3. The minimum Gasteiger partial charge on any atom is -0.467 e. The lowest BCUT2D eigenvalue weighted by molar-refractivity contribution is -0.145. The minimum absolute atomic E-state index is 0.172. The number of esters is 1. The number of pyridine rings is 1. The van der Waals surface area contributed by atoms with Gasteiger partial charge in [0, 0.05) is 30.3 Å². The van der Waals surface area contributed by atoms with Gasteiger partial charge in [0.1, 0.15) is 6.04 Å². The van der Waals surface area contributed by atoms with Gasteiger partial charge in [-0.15, -0.1) is 0 Å². The summed E-state index contributed by atoms with van der Waals surface area (Å²) >= 11 is 4.22. The van der Waals surface area contributed by atoms with E-state index in [4.69, 9.17) is 15.2 Å². The molecule has 36 heavy (non-hydrogen) atoms. The van der Waals surface area contributed by atoms with E-state index in [9.17, 15) is 9.59 Å². The fourth-order valence-corrected chi connectivity index (χ4v) is 3.56. The maximum absolute atomic E-state index is 13.0. The summed E-state index contributed by atoms with van der Waals surface area (Å²) in [5.41, 5.74) is 9.09. The van der Waals surface area contributed by atoms with Crippen molar-refractivity contribution in [2.45, 2.75) is 31.5 Å². The molecular weight excluding hydrogens is 476 g/mol. The highest BCUT2D eigenvalue weighted by Crippen LogP contribution is 2.28. The number of aromatic nitrogens is 1. The molecule has 0 spiro atoms. The van der Waals surface area contributed by atoms with E-state index in [1.54, 1.807) is 6.92 Å². The van der Waals surface area contributed by atoms with Crippen molar-refractivity contribution in [3.63, 3.8) is 0 Å². The van der Waals surface area contributed by atoms with E-state index in [1.807, 2.05) is 72.8 Å². The summed E-state index contributed by atoms with van der Waals surface area (Å²) in [6, 6.07) is 21.7. The van der Waals surface area contributed by atoms with Crippen molar-refractivity contribution in [1.29, 1.82) is 0 Å². The number of nitrogens with zero attached hydrogens (tertiary/aromatic N) is 1. The number of carbonyl (C=O) groups is 2. The zero-order valence-electron chi connectivity index (χ0n) is 20.4. The fourth-order valence-electron chi connectivity index (χ4n) is 3.44. The van der Waals surface area contributed by atoms with E-state index < -0.39 is 24.0 Å². The van der Waals surface area contributed by atoms with Crippen LogP contribution in [0.5, 0.6) is 5.88 Å². The molecule has 0 aliphatic rings. The monoisotopic (exact) mass is 508 g/mol. The van der Waals surface area contributed by atoms with Gasteiger partial charge in [0.2, 0.25) is 5.88 Å². The number of benzene rings is 2. The van der Waals surface area contributed by atoms with Gasteiger partial charge in [-0.05, 0) is 24.6 Å². The molecule has 0 bridgehead atoms. The third-order valence-corrected chi connectivity index (χ3v) is 5.93. The van der Waals surface area contributed by atoms with E-state index in [1.165, 1.54) is 7.11 Å². The van der Waals surface area contributed by atoms with Crippen LogP contribution in [0.25, 0.3) is 11.3 Å². The van der Waals surface area contributed by atoms with E-state index in [0.29, 0.717) is 30.1 Å². The molecule has 0 fully saturated rings. The Labute approximate surface area is 217 Å². The van der Waals surface area contributed by atoms with Gasteiger partial charge in [-0.2, -0.15) is 12.6 Å². The molecule has 8 nitrogen and oxygen atoms in total. The normalized spacial score (nSPS) is 13.2. The standard InChI is InChI=1S/C27H32N4O4S/c1-18(25(32)30-24(27(33)34-2)15-19-9-5-3-6-10-19)35-26-23(29-16-21(28)17-36)14-13-22(31-26)20-11-7-4-8-12-20/h3-14,18,21,24,29,36H,15-17,28H2,1-2H3,(H,30,32)/t18?,21?,24-/m0/s1. The van der Waals surface area contributed by atoms with Gasteiger partial charge in [-0.25, -0.2) is 9.78 Å². The SMILES string of the molecule is COC(=O)[C@H](Cc1ccccc1)NC(=O)C(C)Oc1nc(-c2ccccc2)ccc1NCC(N)CS. The number of anilines is 1. The number of ether oxygens (including phenoxy) is 2. The van der Waals surface area contributed by atoms with Crippen LogP contribution in [-0.4, -0.2) is 54.5 Å². The average molecular weight is 509 g/mol. The van der Waals surface area contributed by atoms with Crippen molar-refractivity contribution in [2.75, 3.05) is 24.7 Å². The van der Waals surface area contributed by atoms with Gasteiger partial charge in [-0.1, -0.05) is 60.7 Å². The molecule has 3 atom stereocenters. The third-order valence-electron chi connectivity index (χ3n) is 5.46. The van der Waals surface area contributed by atoms with Gasteiger partial charge >= 0.3 is 5.97 Å². The molecule has 4 N–H and O–H groups in total. The van der Waals surface area contributed by atoms with E-state index >= 15 is 0 Å². The Hall–Kier alpha value is -3.56. The van der Waals surface area contributed by atoms with Crippen LogP contribution in [0.4, 0.5) is 5.69 Å². The van der Waals surface area contributed by atoms with Crippen molar-refractivity contribution >= 4 is 30.2 Å². The topological polar surface area (TPSA) is 116 Å². The summed E-state index contributed by atoms with van der Waals surface area (Å²) in [7, 11) is 1.29. The largest absolute Gasteiger partial charge is 0.467 e. The average Bonchev–Trinajstić information content (AvgIpc) is 2.92. The minimum atomic E-state index is -0.939. The summed E-state index contributed by atoms with van der Waals surface area (Å²) in [6.45, 7) is 2.06. The Morgan fingerprint density at radius 2 is 1.69 bits per heavy atom. The number of thiol groups is 1. The molecule has 190 valence electrons. The van der Waals surface area contributed by atoms with Crippen molar-refractivity contribution in [2.24, 2.45) is 5.73 Å². The van der Waals surface area contributed by atoms with Gasteiger partial charge in [0.05, 0.1) is 18.5 Å². The first-order valence-electron chi connectivity index (χ1n) is 11.7. The first kappa shape index (κ1) is 27.0. The van der Waals surface area contributed by atoms with Crippen LogP contribution >= 0.6 is 12.6 Å². The number of rotatable bonds is 12. The predicted octanol–water partition coefficient (Wildman–Crippen LogP) is 3.09. The molecule has 9 heteroatoms.